The van der Waals surface area contributed by atoms with Gasteiger partial charge in [-0.15, -0.1) is 11.6 Å². The maximum Gasteiger partial charge on any atom is 0.416 e. The lowest BCUT2D eigenvalue weighted by Crippen LogP contribution is -2.06. The average molecular weight is 262 g/mol. The van der Waals surface area contributed by atoms with Gasteiger partial charge in [0, 0.05) is 5.88 Å². The second kappa shape index (κ2) is 5.92. The van der Waals surface area contributed by atoms with Crippen LogP contribution in [0.3, 0.4) is 0 Å². The molecule has 5 heteroatoms. The predicted molar refractivity (Wildman–Crippen MR) is 59.8 cm³/mol. The average Bonchev–Trinajstić information content (AvgIpc) is 2.29. The van der Waals surface area contributed by atoms with Gasteiger partial charge in [-0.3, -0.25) is 0 Å². The normalized spacial score (nSPS) is 13.1. The van der Waals surface area contributed by atoms with Crippen molar-refractivity contribution in [3.8, 4) is 6.07 Å². The summed E-state index contributed by atoms with van der Waals surface area (Å²) in [7, 11) is 0. The van der Waals surface area contributed by atoms with Gasteiger partial charge in [0.25, 0.3) is 0 Å². The molecule has 1 atom stereocenters. The molecule has 0 aliphatic rings. The van der Waals surface area contributed by atoms with Crippen LogP contribution in [0.15, 0.2) is 24.3 Å². The Hall–Kier alpha value is -1.21. The number of hydrogen-bond donors (Lipinski definition) is 0. The Morgan fingerprint density at radius 3 is 2.59 bits per heavy atom. The van der Waals surface area contributed by atoms with Crippen molar-refractivity contribution in [2.24, 2.45) is 0 Å². The first-order valence-corrected chi connectivity index (χ1v) is 5.65. The number of rotatable bonds is 4. The highest BCUT2D eigenvalue weighted by atomic mass is 35.5. The maximum absolute atomic E-state index is 12.5. The quantitative estimate of drug-likeness (QED) is 0.740. The molecule has 0 N–H and O–H groups in total. The number of halogens is 4. The van der Waals surface area contributed by atoms with Gasteiger partial charge in [-0.05, 0) is 24.5 Å². The van der Waals surface area contributed by atoms with Crippen molar-refractivity contribution in [1.29, 1.82) is 5.26 Å². The van der Waals surface area contributed by atoms with E-state index in [-0.39, 0.29) is 0 Å². The molecule has 1 nitrogen and oxygen atoms in total. The molecule has 1 aromatic carbocycles. The summed E-state index contributed by atoms with van der Waals surface area (Å²) in [6, 6.07) is 6.90. The fourth-order valence-electron chi connectivity index (χ4n) is 1.52. The number of nitriles is 1. The molecule has 0 saturated carbocycles. The van der Waals surface area contributed by atoms with Gasteiger partial charge < -0.3 is 0 Å². The molecule has 0 radical (unpaired) electrons. The molecule has 0 fully saturated rings. The molecule has 0 heterocycles. The fraction of sp³-hybridized carbons (Fsp3) is 0.417. The number of hydrogen-bond acceptors (Lipinski definition) is 1. The van der Waals surface area contributed by atoms with Gasteiger partial charge in [-0.1, -0.05) is 18.2 Å². The third kappa shape index (κ3) is 3.94. The Labute approximate surface area is 103 Å². The molecule has 0 amide bonds. The Morgan fingerprint density at radius 2 is 2.06 bits per heavy atom. The molecular weight excluding hydrogens is 251 g/mol. The van der Waals surface area contributed by atoms with E-state index in [1.165, 1.54) is 12.1 Å². The smallest absolute Gasteiger partial charge is 0.198 e. The monoisotopic (exact) mass is 261 g/mol. The molecule has 1 rings (SSSR count). The van der Waals surface area contributed by atoms with Crippen molar-refractivity contribution in [2.45, 2.75) is 24.9 Å². The first-order valence-electron chi connectivity index (χ1n) is 5.11. The van der Waals surface area contributed by atoms with E-state index >= 15 is 0 Å². The van der Waals surface area contributed by atoms with Gasteiger partial charge in [0.1, 0.15) is 0 Å². The molecule has 1 unspecified atom stereocenters. The zero-order valence-electron chi connectivity index (χ0n) is 8.97. The molecule has 92 valence electrons. The zero-order chi connectivity index (χ0) is 12.9. The number of benzene rings is 1. The summed E-state index contributed by atoms with van der Waals surface area (Å²) in [6.45, 7) is 0. The molecular formula is C12H11ClF3N. The van der Waals surface area contributed by atoms with Crippen molar-refractivity contribution in [3.63, 3.8) is 0 Å². The minimum absolute atomic E-state index is 0.396. The molecule has 0 bridgehead atoms. The lowest BCUT2D eigenvalue weighted by Gasteiger charge is -2.12. The predicted octanol–water partition coefficient (Wildman–Crippen LogP) is 4.33. The maximum atomic E-state index is 12.5. The Kier molecular flexibility index (Phi) is 4.83. The molecule has 17 heavy (non-hydrogen) atoms. The fourth-order valence-corrected chi connectivity index (χ4v) is 1.67. The molecule has 0 aliphatic carbocycles. The minimum atomic E-state index is -4.37. The zero-order valence-corrected chi connectivity index (χ0v) is 9.72. The van der Waals surface area contributed by atoms with Gasteiger partial charge in [0.2, 0.25) is 0 Å². The second-order valence-corrected chi connectivity index (χ2v) is 4.01. The standard InChI is InChI=1S/C12H11ClF3N/c13-6-2-4-10(8-17)9-3-1-5-11(7-9)12(14,15)16/h1,3,5,7,10H,2,4,6H2. The van der Waals surface area contributed by atoms with Crippen LogP contribution >= 0.6 is 11.6 Å². The summed E-state index contributed by atoms with van der Waals surface area (Å²) in [5.74, 6) is -0.131. The van der Waals surface area contributed by atoms with Crippen LogP contribution in [0.1, 0.15) is 29.9 Å². The lowest BCUT2D eigenvalue weighted by molar-refractivity contribution is -0.137. The Bertz CT molecular complexity index is 409. The highest BCUT2D eigenvalue weighted by molar-refractivity contribution is 6.17. The van der Waals surface area contributed by atoms with Crippen LogP contribution in [0.5, 0.6) is 0 Å². The summed E-state index contributed by atoms with van der Waals surface area (Å²) >= 11 is 5.50. The Morgan fingerprint density at radius 1 is 1.35 bits per heavy atom. The number of alkyl halides is 4. The van der Waals surface area contributed by atoms with Crippen LogP contribution in [-0.2, 0) is 6.18 Å². The van der Waals surface area contributed by atoms with Crippen molar-refractivity contribution in [3.05, 3.63) is 35.4 Å². The Balaban J connectivity index is 2.94. The van der Waals surface area contributed by atoms with Crippen LogP contribution in [0, 0.1) is 11.3 Å². The summed E-state index contributed by atoms with van der Waals surface area (Å²) < 4.78 is 37.4. The van der Waals surface area contributed by atoms with E-state index in [1.54, 1.807) is 0 Å². The van der Waals surface area contributed by atoms with Crippen molar-refractivity contribution in [2.75, 3.05) is 5.88 Å². The van der Waals surface area contributed by atoms with Gasteiger partial charge in [-0.2, -0.15) is 18.4 Å². The van der Waals surface area contributed by atoms with Gasteiger partial charge in [-0.25, -0.2) is 0 Å². The van der Waals surface area contributed by atoms with E-state index in [0.29, 0.717) is 24.3 Å². The van der Waals surface area contributed by atoms with Gasteiger partial charge in [0.05, 0.1) is 17.6 Å². The third-order valence-electron chi connectivity index (χ3n) is 2.40. The first-order chi connectivity index (χ1) is 7.99. The SMILES string of the molecule is N#CC(CCCCl)c1cccc(C(F)(F)F)c1. The molecule has 1 aromatic rings. The summed E-state index contributed by atoms with van der Waals surface area (Å²) in [4.78, 5) is 0. The molecule has 0 spiro atoms. The van der Waals surface area contributed by atoms with E-state index in [2.05, 4.69) is 0 Å². The van der Waals surface area contributed by atoms with Gasteiger partial charge in [0.15, 0.2) is 0 Å². The van der Waals surface area contributed by atoms with Crippen LogP contribution in [0.25, 0.3) is 0 Å². The number of nitrogens with zero attached hydrogens (tertiary/aromatic N) is 1. The van der Waals surface area contributed by atoms with E-state index in [9.17, 15) is 13.2 Å². The molecule has 0 aliphatic heterocycles. The van der Waals surface area contributed by atoms with Crippen LogP contribution in [0.4, 0.5) is 13.2 Å². The van der Waals surface area contributed by atoms with Crippen LogP contribution in [0.2, 0.25) is 0 Å². The lowest BCUT2D eigenvalue weighted by atomic mass is 9.94. The summed E-state index contributed by atoms with van der Waals surface area (Å²) in [5.41, 5.74) is -0.325. The second-order valence-electron chi connectivity index (χ2n) is 3.64. The highest BCUT2D eigenvalue weighted by Gasteiger charge is 2.30. The van der Waals surface area contributed by atoms with Crippen molar-refractivity contribution in [1.82, 2.24) is 0 Å². The van der Waals surface area contributed by atoms with E-state index in [1.807, 2.05) is 6.07 Å². The first kappa shape index (κ1) is 13.9. The third-order valence-corrected chi connectivity index (χ3v) is 2.67. The van der Waals surface area contributed by atoms with Gasteiger partial charge >= 0.3 is 6.18 Å². The minimum Gasteiger partial charge on any atom is -0.198 e. The topological polar surface area (TPSA) is 23.8 Å². The summed E-state index contributed by atoms with van der Waals surface area (Å²) in [5, 5.41) is 8.93. The molecule has 0 aromatic heterocycles. The molecule has 0 saturated heterocycles. The van der Waals surface area contributed by atoms with Crippen LogP contribution < -0.4 is 0 Å². The van der Waals surface area contributed by atoms with E-state index in [0.717, 1.165) is 12.1 Å². The highest BCUT2D eigenvalue weighted by Crippen LogP contribution is 2.31. The largest absolute Gasteiger partial charge is 0.416 e. The van der Waals surface area contributed by atoms with Crippen molar-refractivity contribution < 1.29 is 13.2 Å². The van der Waals surface area contributed by atoms with E-state index in [4.69, 9.17) is 16.9 Å². The van der Waals surface area contributed by atoms with Crippen LogP contribution in [-0.4, -0.2) is 5.88 Å². The van der Waals surface area contributed by atoms with Crippen molar-refractivity contribution >= 4 is 11.6 Å². The summed E-state index contributed by atoms with van der Waals surface area (Å²) in [6.07, 6.45) is -3.29. The van der Waals surface area contributed by atoms with E-state index < -0.39 is 17.7 Å².